The first-order valence-electron chi connectivity index (χ1n) is 6.22. The molecule has 1 aromatic carbocycles. The van der Waals surface area contributed by atoms with Crippen LogP contribution in [0.4, 0.5) is 0 Å². The van der Waals surface area contributed by atoms with Gasteiger partial charge in [-0.05, 0) is 18.2 Å². The molecule has 0 aliphatic carbocycles. The quantitative estimate of drug-likeness (QED) is 0.742. The van der Waals surface area contributed by atoms with Crippen LogP contribution in [0.3, 0.4) is 0 Å². The SMILES string of the molecule is O=C(O)CSC(CC(=O)c1ccccc1Br)c1ccco1. The first kappa shape index (κ1) is 15.9. The van der Waals surface area contributed by atoms with E-state index in [-0.39, 0.29) is 23.2 Å². The van der Waals surface area contributed by atoms with E-state index in [1.165, 1.54) is 18.0 Å². The molecule has 6 heteroatoms. The van der Waals surface area contributed by atoms with Crippen LogP contribution in [0.25, 0.3) is 0 Å². The van der Waals surface area contributed by atoms with Crippen molar-refractivity contribution in [1.82, 2.24) is 0 Å². The number of halogens is 1. The standard InChI is InChI=1S/C15H13BrO4S/c16-11-5-2-1-4-10(11)12(17)8-14(21-9-15(18)19)13-6-3-7-20-13/h1-7,14H,8-9H2,(H,18,19). The third kappa shape index (κ3) is 4.47. The van der Waals surface area contributed by atoms with Gasteiger partial charge in [0.2, 0.25) is 0 Å². The second-order valence-electron chi connectivity index (χ2n) is 4.32. The number of carboxylic acids is 1. The Morgan fingerprint density at radius 3 is 2.62 bits per heavy atom. The van der Waals surface area contributed by atoms with E-state index in [1.54, 1.807) is 30.3 Å². The molecule has 1 aromatic heterocycles. The van der Waals surface area contributed by atoms with Gasteiger partial charge in [0.1, 0.15) is 5.76 Å². The Hall–Kier alpha value is -1.53. The van der Waals surface area contributed by atoms with E-state index >= 15 is 0 Å². The molecule has 0 bridgehead atoms. The molecule has 1 N–H and O–H groups in total. The van der Waals surface area contributed by atoms with Gasteiger partial charge >= 0.3 is 5.97 Å². The zero-order valence-electron chi connectivity index (χ0n) is 11.0. The predicted molar refractivity (Wildman–Crippen MR) is 84.6 cm³/mol. The van der Waals surface area contributed by atoms with E-state index < -0.39 is 5.97 Å². The Morgan fingerprint density at radius 2 is 2.00 bits per heavy atom. The molecular weight excluding hydrogens is 356 g/mol. The number of ketones is 1. The number of aliphatic carboxylic acids is 1. The summed E-state index contributed by atoms with van der Waals surface area (Å²) in [6.45, 7) is 0. The molecule has 0 aliphatic rings. The topological polar surface area (TPSA) is 67.5 Å². The van der Waals surface area contributed by atoms with Gasteiger partial charge in [-0.1, -0.05) is 34.1 Å². The van der Waals surface area contributed by atoms with Gasteiger partial charge in [0.15, 0.2) is 5.78 Å². The zero-order valence-corrected chi connectivity index (χ0v) is 13.4. The lowest BCUT2D eigenvalue weighted by Gasteiger charge is -2.13. The molecule has 0 aliphatic heterocycles. The van der Waals surface area contributed by atoms with E-state index in [0.717, 1.165) is 4.47 Å². The van der Waals surface area contributed by atoms with Crippen LogP contribution in [-0.4, -0.2) is 22.6 Å². The van der Waals surface area contributed by atoms with Gasteiger partial charge in [0, 0.05) is 16.5 Å². The molecule has 1 heterocycles. The van der Waals surface area contributed by atoms with E-state index in [1.807, 2.05) is 6.07 Å². The number of hydrogen-bond acceptors (Lipinski definition) is 4. The Balaban J connectivity index is 2.13. The summed E-state index contributed by atoms with van der Waals surface area (Å²) < 4.78 is 6.05. The minimum atomic E-state index is -0.912. The van der Waals surface area contributed by atoms with Gasteiger partial charge in [0.25, 0.3) is 0 Å². The molecule has 1 unspecified atom stereocenters. The molecule has 0 saturated carbocycles. The Morgan fingerprint density at radius 1 is 1.24 bits per heavy atom. The van der Waals surface area contributed by atoms with Gasteiger partial charge < -0.3 is 9.52 Å². The maximum atomic E-state index is 12.4. The smallest absolute Gasteiger partial charge is 0.313 e. The minimum absolute atomic E-state index is 0.0539. The largest absolute Gasteiger partial charge is 0.481 e. The van der Waals surface area contributed by atoms with Crippen LogP contribution in [0.1, 0.15) is 27.8 Å². The zero-order chi connectivity index (χ0) is 15.2. The predicted octanol–water partition coefficient (Wildman–Crippen LogP) is 4.17. The Bertz CT molecular complexity index is 624. The molecule has 2 aromatic rings. The van der Waals surface area contributed by atoms with E-state index in [9.17, 15) is 9.59 Å². The van der Waals surface area contributed by atoms with Crippen molar-refractivity contribution in [2.45, 2.75) is 11.7 Å². The molecule has 4 nitrogen and oxygen atoms in total. The summed E-state index contributed by atoms with van der Waals surface area (Å²) in [5.41, 5.74) is 0.588. The number of Topliss-reactive ketones (excluding diaryl/α,β-unsaturated/α-hetero) is 1. The fourth-order valence-corrected chi connectivity index (χ4v) is 3.27. The van der Waals surface area contributed by atoms with E-state index in [0.29, 0.717) is 11.3 Å². The van der Waals surface area contributed by atoms with Crippen molar-refractivity contribution in [1.29, 1.82) is 0 Å². The third-order valence-corrected chi connectivity index (χ3v) is 4.72. The fourth-order valence-electron chi connectivity index (χ4n) is 1.85. The monoisotopic (exact) mass is 368 g/mol. The van der Waals surface area contributed by atoms with Crippen molar-refractivity contribution in [3.05, 3.63) is 58.5 Å². The third-order valence-electron chi connectivity index (χ3n) is 2.81. The number of carbonyl (C=O) groups excluding carboxylic acids is 1. The molecule has 1 atom stereocenters. The lowest BCUT2D eigenvalue weighted by Crippen LogP contribution is -2.08. The van der Waals surface area contributed by atoms with Crippen LogP contribution < -0.4 is 0 Å². The van der Waals surface area contributed by atoms with Crippen LogP contribution in [-0.2, 0) is 4.79 Å². The van der Waals surface area contributed by atoms with Gasteiger partial charge in [-0.3, -0.25) is 9.59 Å². The minimum Gasteiger partial charge on any atom is -0.481 e. The van der Waals surface area contributed by atoms with Crippen molar-refractivity contribution in [2.75, 3.05) is 5.75 Å². The normalized spacial score (nSPS) is 12.0. The second kappa shape index (κ2) is 7.47. The van der Waals surface area contributed by atoms with Crippen LogP contribution in [0.2, 0.25) is 0 Å². The van der Waals surface area contributed by atoms with Crippen molar-refractivity contribution in [3.63, 3.8) is 0 Å². The number of carbonyl (C=O) groups is 2. The highest BCUT2D eigenvalue weighted by molar-refractivity contribution is 9.10. The first-order chi connectivity index (χ1) is 10.1. The Kier molecular flexibility index (Phi) is 5.64. The van der Waals surface area contributed by atoms with E-state index in [2.05, 4.69) is 15.9 Å². The van der Waals surface area contributed by atoms with Gasteiger partial charge in [0.05, 0.1) is 17.3 Å². The fraction of sp³-hybridized carbons (Fsp3) is 0.200. The van der Waals surface area contributed by atoms with Crippen LogP contribution in [0.15, 0.2) is 51.6 Å². The molecule has 110 valence electrons. The number of furan rings is 1. The average molecular weight is 369 g/mol. The first-order valence-corrected chi connectivity index (χ1v) is 8.06. The lowest BCUT2D eigenvalue weighted by molar-refractivity contribution is -0.133. The van der Waals surface area contributed by atoms with Gasteiger partial charge in [-0.25, -0.2) is 0 Å². The van der Waals surface area contributed by atoms with Gasteiger partial charge in [-0.15, -0.1) is 11.8 Å². The molecule has 0 spiro atoms. The number of thioether (sulfide) groups is 1. The average Bonchev–Trinajstić information content (AvgIpc) is 2.97. The molecule has 0 amide bonds. The molecule has 0 radical (unpaired) electrons. The number of carboxylic acid groups (broad SMARTS) is 1. The summed E-state index contributed by atoms with van der Waals surface area (Å²) in [4.78, 5) is 23.1. The van der Waals surface area contributed by atoms with Crippen molar-refractivity contribution < 1.29 is 19.1 Å². The molecular formula is C15H13BrO4S. The van der Waals surface area contributed by atoms with Crippen LogP contribution in [0, 0.1) is 0 Å². The molecule has 2 rings (SSSR count). The summed E-state index contributed by atoms with van der Waals surface area (Å²) in [5.74, 6) is -0.428. The summed E-state index contributed by atoms with van der Waals surface area (Å²) in [7, 11) is 0. The molecule has 0 fully saturated rings. The van der Waals surface area contributed by atoms with Crippen LogP contribution in [0.5, 0.6) is 0 Å². The number of benzene rings is 1. The maximum Gasteiger partial charge on any atom is 0.313 e. The molecule has 21 heavy (non-hydrogen) atoms. The highest BCUT2D eigenvalue weighted by Gasteiger charge is 2.22. The van der Waals surface area contributed by atoms with Crippen LogP contribution >= 0.6 is 27.7 Å². The lowest BCUT2D eigenvalue weighted by atomic mass is 10.1. The summed E-state index contributed by atoms with van der Waals surface area (Å²) in [6.07, 6.45) is 1.71. The summed E-state index contributed by atoms with van der Waals surface area (Å²) in [6, 6.07) is 10.7. The molecule has 0 saturated heterocycles. The van der Waals surface area contributed by atoms with E-state index in [4.69, 9.17) is 9.52 Å². The van der Waals surface area contributed by atoms with Crippen molar-refractivity contribution >= 4 is 39.4 Å². The van der Waals surface area contributed by atoms with Crippen molar-refractivity contribution in [3.8, 4) is 0 Å². The highest BCUT2D eigenvalue weighted by atomic mass is 79.9. The number of hydrogen-bond donors (Lipinski definition) is 1. The van der Waals surface area contributed by atoms with Gasteiger partial charge in [-0.2, -0.15) is 0 Å². The van der Waals surface area contributed by atoms with Crippen molar-refractivity contribution in [2.24, 2.45) is 0 Å². The number of rotatable bonds is 7. The summed E-state index contributed by atoms with van der Waals surface area (Å²) in [5, 5.41) is 8.50. The second-order valence-corrected chi connectivity index (χ2v) is 6.36. The summed E-state index contributed by atoms with van der Waals surface area (Å²) >= 11 is 4.54. The highest BCUT2D eigenvalue weighted by Crippen LogP contribution is 2.34. The Labute approximate surface area is 134 Å². The maximum absolute atomic E-state index is 12.4.